The number of pyridine rings is 1. The molecular formula is C19H22FN3O3. The molecule has 2 fully saturated rings. The number of rotatable bonds is 4. The number of fused-ring (bicyclic) bond motifs is 1. The van der Waals surface area contributed by atoms with Gasteiger partial charge in [0.25, 0.3) is 0 Å². The largest absolute Gasteiger partial charge is 0.477 e. The second-order valence-corrected chi connectivity index (χ2v) is 7.36. The van der Waals surface area contributed by atoms with Crippen molar-refractivity contribution in [3.8, 4) is 0 Å². The van der Waals surface area contributed by atoms with E-state index in [0.717, 1.165) is 44.6 Å². The number of aromatic carboxylic acids is 1. The summed E-state index contributed by atoms with van der Waals surface area (Å²) in [5.74, 6) is -1.85. The lowest BCUT2D eigenvalue weighted by Gasteiger charge is -2.30. The summed E-state index contributed by atoms with van der Waals surface area (Å²) >= 11 is 0. The molecule has 0 bridgehead atoms. The summed E-state index contributed by atoms with van der Waals surface area (Å²) in [6.45, 7) is 0. The van der Waals surface area contributed by atoms with Gasteiger partial charge in [0, 0.05) is 29.7 Å². The summed E-state index contributed by atoms with van der Waals surface area (Å²) in [5.41, 5.74) is 6.06. The van der Waals surface area contributed by atoms with Crippen molar-refractivity contribution in [1.82, 2.24) is 4.57 Å². The minimum absolute atomic E-state index is 0.00455. The molecule has 0 saturated heterocycles. The van der Waals surface area contributed by atoms with Gasteiger partial charge >= 0.3 is 5.97 Å². The summed E-state index contributed by atoms with van der Waals surface area (Å²) in [6, 6.07) is 2.90. The Labute approximate surface area is 149 Å². The van der Waals surface area contributed by atoms with Crippen molar-refractivity contribution in [1.29, 1.82) is 0 Å². The number of halogens is 1. The highest BCUT2D eigenvalue weighted by molar-refractivity contribution is 5.93. The second kappa shape index (κ2) is 6.39. The van der Waals surface area contributed by atoms with Crippen molar-refractivity contribution in [2.24, 2.45) is 5.73 Å². The lowest BCUT2D eigenvalue weighted by Crippen LogP contribution is -2.42. The molecule has 4 N–H and O–H groups in total. The number of nitrogens with zero attached hydrogens (tertiary/aromatic N) is 1. The molecule has 2 aliphatic rings. The van der Waals surface area contributed by atoms with Crippen molar-refractivity contribution in [2.45, 2.75) is 56.7 Å². The maximum atomic E-state index is 14.7. The molecule has 2 aromatic rings. The summed E-state index contributed by atoms with van der Waals surface area (Å²) in [4.78, 5) is 23.8. The first-order chi connectivity index (χ1) is 12.5. The highest BCUT2D eigenvalue weighted by Crippen LogP contribution is 2.38. The zero-order chi connectivity index (χ0) is 18.4. The summed E-state index contributed by atoms with van der Waals surface area (Å²) in [5, 5.41) is 12.6. The number of carbonyl (C=O) groups is 1. The van der Waals surface area contributed by atoms with Gasteiger partial charge in [-0.1, -0.05) is 12.8 Å². The fourth-order valence-corrected chi connectivity index (χ4v) is 3.83. The van der Waals surface area contributed by atoms with Crippen molar-refractivity contribution >= 4 is 22.6 Å². The number of hydrogen-bond acceptors (Lipinski definition) is 4. The monoisotopic (exact) mass is 359 g/mol. The van der Waals surface area contributed by atoms with Crippen LogP contribution in [0.4, 0.5) is 10.1 Å². The Bertz CT molecular complexity index is 936. The van der Waals surface area contributed by atoms with Gasteiger partial charge in [0.05, 0.1) is 11.2 Å². The Morgan fingerprint density at radius 1 is 1.23 bits per heavy atom. The van der Waals surface area contributed by atoms with Crippen LogP contribution < -0.4 is 16.5 Å². The second-order valence-electron chi connectivity index (χ2n) is 7.36. The molecule has 138 valence electrons. The number of nitrogens with two attached hydrogens (primary N) is 1. The minimum atomic E-state index is -1.29. The van der Waals surface area contributed by atoms with E-state index >= 15 is 0 Å². The third-order valence-corrected chi connectivity index (χ3v) is 5.45. The standard InChI is InChI=1S/C19H22FN3O3/c20-13-7-11-17(8-16(13)22-15-4-2-1-3-14(15)21)23(10-5-6-10)9-12(18(11)24)19(25)26/h7-10,14-15,22H,1-6,21H2,(H,25,26). The Morgan fingerprint density at radius 3 is 2.62 bits per heavy atom. The number of nitrogens with one attached hydrogen (secondary N) is 1. The maximum Gasteiger partial charge on any atom is 0.341 e. The average molecular weight is 359 g/mol. The van der Waals surface area contributed by atoms with Crippen LogP contribution in [0, 0.1) is 5.82 Å². The van der Waals surface area contributed by atoms with E-state index in [0.29, 0.717) is 11.2 Å². The van der Waals surface area contributed by atoms with E-state index in [4.69, 9.17) is 5.73 Å². The van der Waals surface area contributed by atoms with E-state index in [2.05, 4.69) is 5.32 Å². The van der Waals surface area contributed by atoms with E-state index in [-0.39, 0.29) is 29.1 Å². The molecule has 0 radical (unpaired) electrons. The fourth-order valence-electron chi connectivity index (χ4n) is 3.83. The quantitative estimate of drug-likeness (QED) is 0.780. The van der Waals surface area contributed by atoms with Gasteiger partial charge in [0.2, 0.25) is 5.43 Å². The number of carboxylic acid groups (broad SMARTS) is 1. The van der Waals surface area contributed by atoms with Crippen LogP contribution in [0.25, 0.3) is 10.9 Å². The van der Waals surface area contributed by atoms with Gasteiger partial charge < -0.3 is 20.7 Å². The number of carboxylic acids is 1. The van der Waals surface area contributed by atoms with Crippen molar-refractivity contribution < 1.29 is 14.3 Å². The normalized spacial score (nSPS) is 23.2. The van der Waals surface area contributed by atoms with E-state index in [1.165, 1.54) is 6.20 Å². The number of anilines is 1. The van der Waals surface area contributed by atoms with Gasteiger partial charge in [-0.3, -0.25) is 4.79 Å². The molecule has 6 nitrogen and oxygen atoms in total. The SMILES string of the molecule is NC1CCCCC1Nc1cc2c(cc1F)c(=O)c(C(=O)O)cn2C1CC1. The van der Waals surface area contributed by atoms with Crippen molar-refractivity contribution in [3.05, 3.63) is 39.9 Å². The Hall–Kier alpha value is -2.41. The molecule has 1 aromatic carbocycles. The van der Waals surface area contributed by atoms with Gasteiger partial charge in [-0.15, -0.1) is 0 Å². The van der Waals surface area contributed by atoms with Gasteiger partial charge in [-0.25, -0.2) is 9.18 Å². The Balaban J connectivity index is 1.83. The number of benzene rings is 1. The summed E-state index contributed by atoms with van der Waals surface area (Å²) in [6.07, 6.45) is 7.15. The Morgan fingerprint density at radius 2 is 1.96 bits per heavy atom. The van der Waals surface area contributed by atoms with Crippen LogP contribution in [0.5, 0.6) is 0 Å². The van der Waals surface area contributed by atoms with Crippen LogP contribution in [0.1, 0.15) is 54.9 Å². The first-order valence-electron chi connectivity index (χ1n) is 9.09. The first-order valence-corrected chi connectivity index (χ1v) is 9.09. The molecule has 0 spiro atoms. The van der Waals surface area contributed by atoms with E-state index < -0.39 is 17.2 Å². The zero-order valence-electron chi connectivity index (χ0n) is 14.4. The topological polar surface area (TPSA) is 97.3 Å². The van der Waals surface area contributed by atoms with Crippen LogP contribution in [0.2, 0.25) is 0 Å². The molecule has 0 aliphatic heterocycles. The van der Waals surface area contributed by atoms with Crippen LogP contribution in [-0.4, -0.2) is 27.7 Å². The number of hydrogen-bond donors (Lipinski definition) is 3. The molecule has 4 rings (SSSR count). The van der Waals surface area contributed by atoms with Crippen LogP contribution in [-0.2, 0) is 0 Å². The van der Waals surface area contributed by atoms with E-state index in [1.807, 2.05) is 0 Å². The molecule has 2 unspecified atom stereocenters. The molecule has 2 aliphatic carbocycles. The van der Waals surface area contributed by atoms with Gasteiger partial charge in [0.1, 0.15) is 11.4 Å². The maximum absolute atomic E-state index is 14.7. The average Bonchev–Trinajstić information content (AvgIpc) is 3.43. The fraction of sp³-hybridized carbons (Fsp3) is 0.474. The van der Waals surface area contributed by atoms with Crippen LogP contribution in [0.15, 0.2) is 23.1 Å². The Kier molecular flexibility index (Phi) is 4.19. The predicted octanol–water partition coefficient (Wildman–Crippen LogP) is 2.86. The highest BCUT2D eigenvalue weighted by atomic mass is 19.1. The van der Waals surface area contributed by atoms with Crippen LogP contribution in [0.3, 0.4) is 0 Å². The lowest BCUT2D eigenvalue weighted by atomic mass is 9.91. The van der Waals surface area contributed by atoms with Crippen LogP contribution >= 0.6 is 0 Å². The minimum Gasteiger partial charge on any atom is -0.477 e. The molecular weight excluding hydrogens is 337 g/mol. The van der Waals surface area contributed by atoms with Crippen molar-refractivity contribution in [2.75, 3.05) is 5.32 Å². The molecule has 7 heteroatoms. The van der Waals surface area contributed by atoms with E-state index in [1.54, 1.807) is 10.6 Å². The van der Waals surface area contributed by atoms with Gasteiger partial charge in [0.15, 0.2) is 0 Å². The summed E-state index contributed by atoms with van der Waals surface area (Å²) in [7, 11) is 0. The van der Waals surface area contributed by atoms with Gasteiger partial charge in [-0.2, -0.15) is 0 Å². The molecule has 2 saturated carbocycles. The third-order valence-electron chi connectivity index (χ3n) is 5.45. The third kappa shape index (κ3) is 2.96. The smallest absolute Gasteiger partial charge is 0.341 e. The molecule has 2 atom stereocenters. The number of aromatic nitrogens is 1. The highest BCUT2D eigenvalue weighted by Gasteiger charge is 2.28. The molecule has 26 heavy (non-hydrogen) atoms. The summed E-state index contributed by atoms with van der Waals surface area (Å²) < 4.78 is 16.5. The van der Waals surface area contributed by atoms with Crippen molar-refractivity contribution in [3.63, 3.8) is 0 Å². The lowest BCUT2D eigenvalue weighted by molar-refractivity contribution is 0.0695. The molecule has 1 heterocycles. The zero-order valence-corrected chi connectivity index (χ0v) is 14.4. The van der Waals surface area contributed by atoms with Gasteiger partial charge in [-0.05, 0) is 37.8 Å². The van der Waals surface area contributed by atoms with E-state index in [9.17, 15) is 19.1 Å². The molecule has 1 aromatic heterocycles. The first kappa shape index (κ1) is 17.0. The molecule has 0 amide bonds. The predicted molar refractivity (Wildman–Crippen MR) is 97.3 cm³/mol.